The zero-order valence-electron chi connectivity index (χ0n) is 8.00. The number of hydrogen-bond donors (Lipinski definition) is 1. The summed E-state index contributed by atoms with van der Waals surface area (Å²) in [5.74, 6) is 0.641. The zero-order valence-corrected chi connectivity index (χ0v) is 8.81. The van der Waals surface area contributed by atoms with Crippen LogP contribution in [-0.2, 0) is 6.54 Å². The standard InChI is InChI=1S/C10H10N4S/c11-9(15)10-13-5-6-14(10)7-8-1-3-12-4-2-8/h1-6H,7H2,(H2,11,15). The fourth-order valence-corrected chi connectivity index (χ4v) is 1.52. The molecule has 76 valence electrons. The van der Waals surface area contributed by atoms with Crippen LogP contribution < -0.4 is 5.73 Å². The highest BCUT2D eigenvalue weighted by Crippen LogP contribution is 2.04. The van der Waals surface area contributed by atoms with Gasteiger partial charge >= 0.3 is 0 Å². The summed E-state index contributed by atoms with van der Waals surface area (Å²) in [6, 6.07) is 3.90. The molecule has 0 aliphatic carbocycles. The van der Waals surface area contributed by atoms with Crippen molar-refractivity contribution in [3.05, 3.63) is 48.3 Å². The van der Waals surface area contributed by atoms with Gasteiger partial charge in [-0.15, -0.1) is 0 Å². The maximum Gasteiger partial charge on any atom is 0.167 e. The van der Waals surface area contributed by atoms with E-state index in [1.165, 1.54) is 0 Å². The number of rotatable bonds is 3. The molecule has 0 spiro atoms. The van der Waals surface area contributed by atoms with E-state index >= 15 is 0 Å². The molecule has 2 aromatic rings. The van der Waals surface area contributed by atoms with E-state index in [0.717, 1.165) is 5.56 Å². The normalized spacial score (nSPS) is 10.1. The number of nitrogens with zero attached hydrogens (tertiary/aromatic N) is 3. The van der Waals surface area contributed by atoms with Crippen molar-refractivity contribution >= 4 is 17.2 Å². The third kappa shape index (κ3) is 2.19. The lowest BCUT2D eigenvalue weighted by molar-refractivity contribution is 0.786. The van der Waals surface area contributed by atoms with Crippen molar-refractivity contribution in [1.82, 2.24) is 14.5 Å². The van der Waals surface area contributed by atoms with Gasteiger partial charge < -0.3 is 10.3 Å². The molecule has 0 atom stereocenters. The molecule has 0 aliphatic rings. The molecule has 0 aromatic carbocycles. The fourth-order valence-electron chi connectivity index (χ4n) is 1.35. The molecule has 2 heterocycles. The molecule has 0 saturated heterocycles. The van der Waals surface area contributed by atoms with Crippen molar-refractivity contribution in [2.24, 2.45) is 5.73 Å². The van der Waals surface area contributed by atoms with Crippen molar-refractivity contribution in [2.75, 3.05) is 0 Å². The summed E-state index contributed by atoms with van der Waals surface area (Å²) in [5, 5.41) is 0. The first-order valence-corrected chi connectivity index (χ1v) is 4.88. The van der Waals surface area contributed by atoms with Gasteiger partial charge in [-0.25, -0.2) is 4.98 Å². The average Bonchev–Trinajstić information content (AvgIpc) is 2.67. The number of aromatic nitrogens is 3. The van der Waals surface area contributed by atoms with Crippen LogP contribution in [0.5, 0.6) is 0 Å². The maximum absolute atomic E-state index is 5.55. The molecule has 0 saturated carbocycles. The quantitative estimate of drug-likeness (QED) is 0.780. The SMILES string of the molecule is NC(=S)c1nccn1Cc1ccncc1. The van der Waals surface area contributed by atoms with E-state index in [1.807, 2.05) is 22.9 Å². The van der Waals surface area contributed by atoms with Crippen molar-refractivity contribution in [3.8, 4) is 0 Å². The molecular formula is C10H10N4S. The van der Waals surface area contributed by atoms with E-state index in [-0.39, 0.29) is 0 Å². The molecular weight excluding hydrogens is 208 g/mol. The molecule has 5 heteroatoms. The van der Waals surface area contributed by atoms with Gasteiger partial charge in [0.25, 0.3) is 0 Å². The Bertz CT molecular complexity index is 463. The highest BCUT2D eigenvalue weighted by Gasteiger charge is 2.05. The van der Waals surface area contributed by atoms with Crippen molar-refractivity contribution in [1.29, 1.82) is 0 Å². The lowest BCUT2D eigenvalue weighted by atomic mass is 10.3. The van der Waals surface area contributed by atoms with Gasteiger partial charge in [-0.1, -0.05) is 12.2 Å². The molecule has 0 aliphatic heterocycles. The summed E-state index contributed by atoms with van der Waals surface area (Å²) in [6.07, 6.45) is 7.06. The Kier molecular flexibility index (Phi) is 2.73. The van der Waals surface area contributed by atoms with Gasteiger partial charge in [-0.3, -0.25) is 4.98 Å². The first-order valence-electron chi connectivity index (χ1n) is 4.47. The molecule has 2 N–H and O–H groups in total. The lowest BCUT2D eigenvalue weighted by Crippen LogP contribution is -2.17. The Hall–Kier alpha value is -1.75. The minimum absolute atomic E-state index is 0.314. The molecule has 4 nitrogen and oxygen atoms in total. The molecule has 0 bridgehead atoms. The van der Waals surface area contributed by atoms with Gasteiger partial charge in [0.1, 0.15) is 4.99 Å². The second kappa shape index (κ2) is 4.18. The van der Waals surface area contributed by atoms with E-state index in [9.17, 15) is 0 Å². The Labute approximate surface area is 92.8 Å². The highest BCUT2D eigenvalue weighted by atomic mass is 32.1. The summed E-state index contributed by atoms with van der Waals surface area (Å²) in [6.45, 7) is 0.704. The smallest absolute Gasteiger partial charge is 0.167 e. The number of hydrogen-bond acceptors (Lipinski definition) is 3. The predicted octanol–water partition coefficient (Wildman–Crippen LogP) is 0.961. The average molecular weight is 218 g/mol. The summed E-state index contributed by atoms with van der Waals surface area (Å²) in [5.41, 5.74) is 6.69. The molecule has 0 fully saturated rings. The van der Waals surface area contributed by atoms with Crippen LogP contribution >= 0.6 is 12.2 Å². The molecule has 0 unspecified atom stereocenters. The van der Waals surface area contributed by atoms with Crippen molar-refractivity contribution in [2.45, 2.75) is 6.54 Å². The summed E-state index contributed by atoms with van der Waals surface area (Å²) >= 11 is 4.90. The van der Waals surface area contributed by atoms with Crippen molar-refractivity contribution in [3.63, 3.8) is 0 Å². The number of thiocarbonyl (C=S) groups is 1. The lowest BCUT2D eigenvalue weighted by Gasteiger charge is -2.05. The van der Waals surface area contributed by atoms with Gasteiger partial charge in [0, 0.05) is 31.3 Å². The molecule has 2 aromatic heterocycles. The third-order valence-electron chi connectivity index (χ3n) is 2.04. The predicted molar refractivity (Wildman–Crippen MR) is 61.5 cm³/mol. The Morgan fingerprint density at radius 1 is 1.33 bits per heavy atom. The van der Waals surface area contributed by atoms with Gasteiger partial charge in [-0.05, 0) is 17.7 Å². The van der Waals surface area contributed by atoms with Crippen LogP contribution in [-0.4, -0.2) is 19.5 Å². The van der Waals surface area contributed by atoms with Gasteiger partial charge in [0.2, 0.25) is 0 Å². The molecule has 15 heavy (non-hydrogen) atoms. The van der Waals surface area contributed by atoms with Gasteiger partial charge in [0.15, 0.2) is 5.82 Å². The van der Waals surface area contributed by atoms with Crippen LogP contribution in [0.4, 0.5) is 0 Å². The van der Waals surface area contributed by atoms with Gasteiger partial charge in [-0.2, -0.15) is 0 Å². The third-order valence-corrected chi connectivity index (χ3v) is 2.22. The summed E-state index contributed by atoms with van der Waals surface area (Å²) < 4.78 is 1.91. The second-order valence-corrected chi connectivity index (χ2v) is 3.54. The van der Waals surface area contributed by atoms with Crippen molar-refractivity contribution < 1.29 is 0 Å². The zero-order chi connectivity index (χ0) is 10.7. The molecule has 0 amide bonds. The second-order valence-electron chi connectivity index (χ2n) is 3.10. The Morgan fingerprint density at radius 3 is 2.73 bits per heavy atom. The van der Waals surface area contributed by atoms with Crippen LogP contribution in [0.15, 0.2) is 36.9 Å². The van der Waals surface area contributed by atoms with Gasteiger partial charge in [0.05, 0.1) is 0 Å². The van der Waals surface area contributed by atoms with E-state index in [1.54, 1.807) is 18.6 Å². The minimum Gasteiger partial charge on any atom is -0.387 e. The highest BCUT2D eigenvalue weighted by molar-refractivity contribution is 7.80. The number of nitrogens with two attached hydrogens (primary N) is 1. The van der Waals surface area contributed by atoms with Crippen LogP contribution in [0.3, 0.4) is 0 Å². The number of pyridine rings is 1. The maximum atomic E-state index is 5.55. The van der Waals surface area contributed by atoms with Crippen LogP contribution in [0.2, 0.25) is 0 Å². The molecule has 0 radical (unpaired) electrons. The first kappa shape index (κ1) is 9.79. The largest absolute Gasteiger partial charge is 0.387 e. The monoisotopic (exact) mass is 218 g/mol. The summed E-state index contributed by atoms with van der Waals surface area (Å²) in [7, 11) is 0. The van der Waals surface area contributed by atoms with E-state index in [0.29, 0.717) is 17.4 Å². The molecule has 2 rings (SSSR count). The topological polar surface area (TPSA) is 56.7 Å². The van der Waals surface area contributed by atoms with E-state index in [2.05, 4.69) is 9.97 Å². The minimum atomic E-state index is 0.314. The van der Waals surface area contributed by atoms with Crippen LogP contribution in [0, 0.1) is 0 Å². The Balaban J connectivity index is 2.25. The van der Waals surface area contributed by atoms with E-state index in [4.69, 9.17) is 18.0 Å². The van der Waals surface area contributed by atoms with E-state index < -0.39 is 0 Å². The Morgan fingerprint density at radius 2 is 2.07 bits per heavy atom. The van der Waals surface area contributed by atoms with Crippen LogP contribution in [0.1, 0.15) is 11.4 Å². The number of imidazole rings is 1. The van der Waals surface area contributed by atoms with Crippen LogP contribution in [0.25, 0.3) is 0 Å². The summed E-state index contributed by atoms with van der Waals surface area (Å²) in [4.78, 5) is 8.36. The first-order chi connectivity index (χ1) is 7.27. The fraction of sp³-hybridized carbons (Fsp3) is 0.100.